The highest BCUT2D eigenvalue weighted by atomic mass is 16.5. The summed E-state index contributed by atoms with van der Waals surface area (Å²) in [7, 11) is 5.67. The van der Waals surface area contributed by atoms with Crippen LogP contribution in [0, 0.1) is 0 Å². The van der Waals surface area contributed by atoms with Gasteiger partial charge in [0.05, 0.1) is 18.2 Å². The summed E-state index contributed by atoms with van der Waals surface area (Å²) in [5, 5.41) is 0. The van der Waals surface area contributed by atoms with Crippen molar-refractivity contribution in [1.29, 1.82) is 0 Å². The first-order valence-corrected chi connectivity index (χ1v) is 11.4. The zero-order valence-electron chi connectivity index (χ0n) is 19.5. The minimum atomic E-state index is -0.119. The van der Waals surface area contributed by atoms with E-state index in [0.717, 1.165) is 24.8 Å². The summed E-state index contributed by atoms with van der Waals surface area (Å²) < 4.78 is 6.24. The Kier molecular flexibility index (Phi) is 8.68. The summed E-state index contributed by atoms with van der Waals surface area (Å²) in [6.45, 7) is 2.07. The van der Waals surface area contributed by atoms with Gasteiger partial charge < -0.3 is 19.4 Å². The van der Waals surface area contributed by atoms with E-state index < -0.39 is 0 Å². The highest BCUT2D eigenvalue weighted by Gasteiger charge is 2.26. The molecule has 0 saturated heterocycles. The Morgan fingerprint density at radius 3 is 2.44 bits per heavy atom. The molecule has 0 spiro atoms. The molecule has 32 heavy (non-hydrogen) atoms. The SMILES string of the molecule is CN(C)CC(=O)N1CCCCCN(C)C(=O)c2ccccc2OC[C@@H]1Cc1ccccc1. The molecular formula is C26H35N3O3. The molecule has 2 amide bonds. The molecule has 0 saturated carbocycles. The number of hydrogen-bond acceptors (Lipinski definition) is 4. The second kappa shape index (κ2) is 11.7. The van der Waals surface area contributed by atoms with Crippen molar-refractivity contribution in [2.45, 2.75) is 31.7 Å². The summed E-state index contributed by atoms with van der Waals surface area (Å²) in [6, 6.07) is 17.5. The van der Waals surface area contributed by atoms with E-state index in [0.29, 0.717) is 44.0 Å². The van der Waals surface area contributed by atoms with Crippen molar-refractivity contribution in [3.05, 3.63) is 65.7 Å². The Bertz CT molecular complexity index is 885. The van der Waals surface area contributed by atoms with Crippen LogP contribution in [-0.4, -0.2) is 79.9 Å². The number of ether oxygens (including phenoxy) is 1. The van der Waals surface area contributed by atoms with Crippen LogP contribution >= 0.6 is 0 Å². The molecule has 0 aliphatic carbocycles. The maximum atomic E-state index is 13.2. The van der Waals surface area contributed by atoms with Crippen LogP contribution in [0.3, 0.4) is 0 Å². The van der Waals surface area contributed by atoms with Crippen molar-refractivity contribution in [3.8, 4) is 5.75 Å². The van der Waals surface area contributed by atoms with Crippen molar-refractivity contribution in [2.75, 3.05) is 47.4 Å². The molecule has 6 nitrogen and oxygen atoms in total. The third-order valence-electron chi connectivity index (χ3n) is 5.81. The summed E-state index contributed by atoms with van der Waals surface area (Å²) in [5.74, 6) is 0.651. The predicted octanol–water partition coefficient (Wildman–Crippen LogP) is 3.32. The zero-order chi connectivity index (χ0) is 22.9. The van der Waals surface area contributed by atoms with Crippen LogP contribution in [0.5, 0.6) is 5.75 Å². The first-order valence-electron chi connectivity index (χ1n) is 11.4. The number of carbonyl (C=O) groups is 2. The highest BCUT2D eigenvalue weighted by molar-refractivity contribution is 5.96. The van der Waals surface area contributed by atoms with E-state index in [2.05, 4.69) is 12.1 Å². The van der Waals surface area contributed by atoms with Crippen molar-refractivity contribution < 1.29 is 14.3 Å². The van der Waals surface area contributed by atoms with E-state index in [1.54, 1.807) is 4.90 Å². The standard InChI is InChI=1S/C26H35N3O3/c1-27(2)19-25(30)29-17-11-5-10-16-28(3)26(31)23-14-8-9-15-24(23)32-20-22(29)18-21-12-6-4-7-13-21/h4,6-9,12-15,22H,5,10-11,16-20H2,1-3H3/t22-/m0/s1. The van der Waals surface area contributed by atoms with E-state index in [1.807, 2.05) is 73.4 Å². The van der Waals surface area contributed by atoms with Crippen LogP contribution in [0.15, 0.2) is 54.6 Å². The number of benzene rings is 2. The van der Waals surface area contributed by atoms with Gasteiger partial charge in [0.1, 0.15) is 12.4 Å². The maximum absolute atomic E-state index is 13.2. The number of hydrogen-bond donors (Lipinski definition) is 0. The van der Waals surface area contributed by atoms with Gasteiger partial charge in [0, 0.05) is 20.1 Å². The second-order valence-corrected chi connectivity index (χ2v) is 8.76. The molecular weight excluding hydrogens is 402 g/mol. The largest absolute Gasteiger partial charge is 0.491 e. The monoisotopic (exact) mass is 437 g/mol. The van der Waals surface area contributed by atoms with E-state index in [9.17, 15) is 9.59 Å². The molecule has 1 aliphatic heterocycles. The lowest BCUT2D eigenvalue weighted by molar-refractivity contribution is -0.135. The fourth-order valence-corrected chi connectivity index (χ4v) is 4.09. The minimum Gasteiger partial charge on any atom is -0.491 e. The minimum absolute atomic E-state index is 0.0278. The van der Waals surface area contributed by atoms with E-state index >= 15 is 0 Å². The second-order valence-electron chi connectivity index (χ2n) is 8.76. The van der Waals surface area contributed by atoms with E-state index in [-0.39, 0.29) is 17.9 Å². The summed E-state index contributed by atoms with van der Waals surface area (Å²) >= 11 is 0. The van der Waals surface area contributed by atoms with Gasteiger partial charge >= 0.3 is 0 Å². The van der Waals surface area contributed by atoms with Crippen LogP contribution in [-0.2, 0) is 11.2 Å². The maximum Gasteiger partial charge on any atom is 0.257 e. The van der Waals surface area contributed by atoms with Gasteiger partial charge in [-0.15, -0.1) is 0 Å². The van der Waals surface area contributed by atoms with Gasteiger partial charge in [0.2, 0.25) is 5.91 Å². The Labute approximate surface area is 191 Å². The van der Waals surface area contributed by atoms with Gasteiger partial charge in [0.25, 0.3) is 5.91 Å². The van der Waals surface area contributed by atoms with Crippen LogP contribution in [0.2, 0.25) is 0 Å². The topological polar surface area (TPSA) is 53.1 Å². The van der Waals surface area contributed by atoms with Gasteiger partial charge in [-0.25, -0.2) is 0 Å². The molecule has 0 unspecified atom stereocenters. The molecule has 172 valence electrons. The van der Waals surface area contributed by atoms with Crippen LogP contribution < -0.4 is 4.74 Å². The third kappa shape index (κ3) is 6.57. The average Bonchev–Trinajstić information content (AvgIpc) is 2.79. The van der Waals surface area contributed by atoms with E-state index in [1.165, 1.54) is 0 Å². The van der Waals surface area contributed by atoms with Crippen molar-refractivity contribution in [2.24, 2.45) is 0 Å². The average molecular weight is 438 g/mol. The molecule has 0 radical (unpaired) electrons. The summed E-state index contributed by atoms with van der Waals surface area (Å²) in [6.07, 6.45) is 3.48. The molecule has 6 heteroatoms. The highest BCUT2D eigenvalue weighted by Crippen LogP contribution is 2.22. The first kappa shape index (κ1) is 23.8. The van der Waals surface area contributed by atoms with Crippen molar-refractivity contribution in [1.82, 2.24) is 14.7 Å². The molecule has 2 aromatic carbocycles. The number of para-hydroxylation sites is 1. The zero-order valence-corrected chi connectivity index (χ0v) is 19.5. The fraction of sp³-hybridized carbons (Fsp3) is 0.462. The quantitative estimate of drug-likeness (QED) is 0.736. The predicted molar refractivity (Wildman–Crippen MR) is 127 cm³/mol. The van der Waals surface area contributed by atoms with Gasteiger partial charge in [-0.05, 0) is 57.5 Å². The summed E-state index contributed by atoms with van der Waals surface area (Å²) in [4.78, 5) is 31.8. The van der Waals surface area contributed by atoms with Gasteiger partial charge in [0.15, 0.2) is 0 Å². The number of carbonyl (C=O) groups excluding carboxylic acids is 2. The molecule has 1 heterocycles. The molecule has 1 aliphatic rings. The number of amides is 2. The molecule has 0 N–H and O–H groups in total. The molecule has 0 bridgehead atoms. The number of nitrogens with zero attached hydrogens (tertiary/aromatic N) is 3. The van der Waals surface area contributed by atoms with E-state index in [4.69, 9.17) is 4.74 Å². The molecule has 0 aromatic heterocycles. The Morgan fingerprint density at radius 1 is 1.00 bits per heavy atom. The Balaban J connectivity index is 1.92. The lowest BCUT2D eigenvalue weighted by Gasteiger charge is -2.33. The lowest BCUT2D eigenvalue weighted by Crippen LogP contribution is -2.48. The number of fused-ring (bicyclic) bond motifs is 1. The number of rotatable bonds is 4. The Hall–Kier alpha value is -2.86. The van der Waals surface area contributed by atoms with Crippen LogP contribution in [0.25, 0.3) is 0 Å². The first-order chi connectivity index (χ1) is 15.5. The van der Waals surface area contributed by atoms with Crippen LogP contribution in [0.1, 0.15) is 35.2 Å². The normalized spacial score (nSPS) is 18.2. The van der Waals surface area contributed by atoms with Gasteiger partial charge in [-0.2, -0.15) is 0 Å². The van der Waals surface area contributed by atoms with Crippen molar-refractivity contribution in [3.63, 3.8) is 0 Å². The third-order valence-corrected chi connectivity index (χ3v) is 5.81. The van der Waals surface area contributed by atoms with Crippen molar-refractivity contribution >= 4 is 11.8 Å². The molecule has 1 atom stereocenters. The van der Waals surface area contributed by atoms with Gasteiger partial charge in [-0.3, -0.25) is 9.59 Å². The molecule has 3 rings (SSSR count). The van der Waals surface area contributed by atoms with Crippen LogP contribution in [0.4, 0.5) is 0 Å². The lowest BCUT2D eigenvalue weighted by atomic mass is 10.0. The molecule has 2 aromatic rings. The smallest absolute Gasteiger partial charge is 0.257 e. The number of likely N-dealkylation sites (N-methyl/N-ethyl adjacent to an activating group) is 1. The molecule has 0 fully saturated rings. The fourth-order valence-electron chi connectivity index (χ4n) is 4.09. The summed E-state index contributed by atoms with van der Waals surface area (Å²) in [5.41, 5.74) is 1.73. The Morgan fingerprint density at radius 2 is 1.69 bits per heavy atom. The van der Waals surface area contributed by atoms with Gasteiger partial charge in [-0.1, -0.05) is 42.5 Å².